The first-order chi connectivity index (χ1) is 19.5. The number of hydrogen-bond donors (Lipinski definition) is 1. The molecule has 218 valence electrons. The van der Waals surface area contributed by atoms with Gasteiger partial charge in [-0.25, -0.2) is 4.98 Å². The molecule has 1 aromatic heterocycles. The highest BCUT2D eigenvalue weighted by molar-refractivity contribution is 7.14. The molecule has 1 N–H and O–H groups in total. The zero-order chi connectivity index (χ0) is 29.7. The first kappa shape index (κ1) is 30.0. The van der Waals surface area contributed by atoms with Crippen molar-refractivity contribution in [2.24, 2.45) is 5.92 Å². The van der Waals surface area contributed by atoms with Gasteiger partial charge in [0.1, 0.15) is 12.4 Å². The molecule has 3 aromatic rings. The minimum Gasteiger partial charge on any atom is -0.488 e. The molecule has 4 rings (SSSR count). The van der Waals surface area contributed by atoms with E-state index in [-0.39, 0.29) is 17.7 Å². The largest absolute Gasteiger partial charge is 0.488 e. The predicted octanol–water partition coefficient (Wildman–Crippen LogP) is 4.86. The molecule has 0 radical (unpaired) electrons. The fourth-order valence-corrected chi connectivity index (χ4v) is 5.63. The minimum atomic E-state index is -0.718. The predicted molar refractivity (Wildman–Crippen MR) is 161 cm³/mol. The average Bonchev–Trinajstić information content (AvgIpc) is 3.45. The summed E-state index contributed by atoms with van der Waals surface area (Å²) in [5.74, 6) is -0.394. The van der Waals surface area contributed by atoms with Crippen molar-refractivity contribution in [1.82, 2.24) is 14.8 Å². The molecule has 2 heterocycles. The molecular weight excluding hydrogens is 540 g/mol. The van der Waals surface area contributed by atoms with Crippen molar-refractivity contribution in [3.8, 4) is 17.0 Å². The number of carbonyl (C=O) groups is 3. The maximum absolute atomic E-state index is 12.9. The number of aliphatic carboxylic acids is 1. The Bertz CT molecular complexity index is 1410. The van der Waals surface area contributed by atoms with Crippen LogP contribution in [0.5, 0.6) is 5.75 Å². The first-order valence-electron chi connectivity index (χ1n) is 13.8. The van der Waals surface area contributed by atoms with Crippen molar-refractivity contribution in [2.45, 2.75) is 40.2 Å². The van der Waals surface area contributed by atoms with Crippen LogP contribution in [-0.2, 0) is 16.2 Å². The van der Waals surface area contributed by atoms with E-state index >= 15 is 0 Å². The summed E-state index contributed by atoms with van der Waals surface area (Å²) in [5.41, 5.74) is 5.38. The highest BCUT2D eigenvalue weighted by Crippen LogP contribution is 2.36. The number of aromatic nitrogens is 1. The van der Waals surface area contributed by atoms with Crippen molar-refractivity contribution in [2.75, 3.05) is 45.2 Å². The lowest BCUT2D eigenvalue weighted by molar-refractivity contribution is -0.142. The third kappa shape index (κ3) is 7.43. The molecular formula is C31H38N4O5S. The van der Waals surface area contributed by atoms with Gasteiger partial charge in [-0.1, -0.05) is 17.7 Å². The number of carbonyl (C=O) groups excluding carboxylic acids is 2. The SMILES string of the molecule is CC(=O)N(C)CCN(C)C(=O)c1ccc(COc2ccc(C)cc2-c2csc(N3CCC(C(=O)O)CC3)n2)c(C)c1. The van der Waals surface area contributed by atoms with Gasteiger partial charge in [-0.15, -0.1) is 11.3 Å². The van der Waals surface area contributed by atoms with Gasteiger partial charge in [-0.05, 0) is 62.1 Å². The van der Waals surface area contributed by atoms with Crippen LogP contribution in [0.4, 0.5) is 5.13 Å². The quantitative estimate of drug-likeness (QED) is 0.367. The van der Waals surface area contributed by atoms with Crippen molar-refractivity contribution in [1.29, 1.82) is 0 Å². The number of benzene rings is 2. The third-order valence-electron chi connectivity index (χ3n) is 7.65. The van der Waals surface area contributed by atoms with Crippen LogP contribution in [-0.4, -0.2) is 77.9 Å². The Morgan fingerprint density at radius 3 is 2.41 bits per heavy atom. The van der Waals surface area contributed by atoms with Crippen LogP contribution >= 0.6 is 11.3 Å². The normalized spacial score (nSPS) is 13.6. The Hall–Kier alpha value is -3.92. The molecule has 0 bridgehead atoms. The van der Waals surface area contributed by atoms with Crippen molar-refractivity contribution >= 4 is 34.3 Å². The molecule has 1 aliphatic rings. The topological polar surface area (TPSA) is 103 Å². The van der Waals surface area contributed by atoms with Crippen molar-refractivity contribution in [3.05, 3.63) is 64.0 Å². The summed E-state index contributed by atoms with van der Waals surface area (Å²) in [5, 5.41) is 12.2. The fourth-order valence-electron chi connectivity index (χ4n) is 4.75. The van der Waals surface area contributed by atoms with Gasteiger partial charge in [0, 0.05) is 63.7 Å². The molecule has 2 aromatic carbocycles. The van der Waals surface area contributed by atoms with Gasteiger partial charge in [0.05, 0.1) is 11.6 Å². The number of thiazole rings is 1. The Labute approximate surface area is 245 Å². The number of anilines is 1. The van der Waals surface area contributed by atoms with E-state index in [0.29, 0.717) is 51.2 Å². The van der Waals surface area contributed by atoms with Gasteiger partial charge in [0.2, 0.25) is 5.91 Å². The molecule has 1 aliphatic heterocycles. The lowest BCUT2D eigenvalue weighted by Gasteiger charge is -2.29. The monoisotopic (exact) mass is 578 g/mol. The van der Waals surface area contributed by atoms with Gasteiger partial charge in [-0.3, -0.25) is 14.4 Å². The summed E-state index contributed by atoms with van der Waals surface area (Å²) in [7, 11) is 3.46. The van der Waals surface area contributed by atoms with E-state index in [1.54, 1.807) is 35.2 Å². The second-order valence-corrected chi connectivity index (χ2v) is 11.5. The second kappa shape index (κ2) is 13.2. The highest BCUT2D eigenvalue weighted by Gasteiger charge is 2.26. The summed E-state index contributed by atoms with van der Waals surface area (Å²) in [6, 6.07) is 11.7. The fraction of sp³-hybridized carbons (Fsp3) is 0.419. The Balaban J connectivity index is 1.42. The minimum absolute atomic E-state index is 0.0318. The van der Waals surface area contributed by atoms with Crippen LogP contribution in [0.2, 0.25) is 0 Å². The Morgan fingerprint density at radius 1 is 1.05 bits per heavy atom. The summed E-state index contributed by atoms with van der Waals surface area (Å²) >= 11 is 1.56. The Kier molecular flexibility index (Phi) is 9.65. The number of aryl methyl sites for hydroxylation is 2. The van der Waals surface area contributed by atoms with Crippen LogP contribution in [0, 0.1) is 19.8 Å². The molecule has 9 nitrogen and oxygen atoms in total. The molecule has 10 heteroatoms. The number of rotatable bonds is 10. The van der Waals surface area contributed by atoms with E-state index in [1.165, 1.54) is 6.92 Å². The maximum Gasteiger partial charge on any atom is 0.306 e. The first-order valence-corrected chi connectivity index (χ1v) is 14.6. The molecule has 0 unspecified atom stereocenters. The number of hydrogen-bond acceptors (Lipinski definition) is 7. The van der Waals surface area contributed by atoms with Crippen LogP contribution in [0.1, 0.15) is 46.8 Å². The number of carboxylic acids is 1. The molecule has 0 atom stereocenters. The lowest BCUT2D eigenvalue weighted by Crippen LogP contribution is -2.36. The molecule has 0 aliphatic carbocycles. The van der Waals surface area contributed by atoms with Gasteiger partial charge in [0.15, 0.2) is 5.13 Å². The third-order valence-corrected chi connectivity index (χ3v) is 8.55. The smallest absolute Gasteiger partial charge is 0.306 e. The summed E-state index contributed by atoms with van der Waals surface area (Å²) in [6.07, 6.45) is 1.25. The summed E-state index contributed by atoms with van der Waals surface area (Å²) in [4.78, 5) is 45.9. The van der Waals surface area contributed by atoms with E-state index in [4.69, 9.17) is 9.72 Å². The summed E-state index contributed by atoms with van der Waals surface area (Å²) in [6.45, 7) is 8.15. The van der Waals surface area contributed by atoms with Gasteiger partial charge >= 0.3 is 5.97 Å². The number of piperidine rings is 1. The molecule has 1 fully saturated rings. The van der Waals surface area contributed by atoms with Crippen LogP contribution in [0.25, 0.3) is 11.3 Å². The van der Waals surface area contributed by atoms with Crippen LogP contribution in [0.3, 0.4) is 0 Å². The molecule has 0 spiro atoms. The number of nitrogens with zero attached hydrogens (tertiary/aromatic N) is 4. The van der Waals surface area contributed by atoms with Crippen molar-refractivity contribution in [3.63, 3.8) is 0 Å². The lowest BCUT2D eigenvalue weighted by atomic mass is 9.97. The van der Waals surface area contributed by atoms with Gasteiger partial charge in [0.25, 0.3) is 5.91 Å². The maximum atomic E-state index is 12.9. The van der Waals surface area contributed by atoms with E-state index < -0.39 is 5.97 Å². The molecule has 2 amide bonds. The zero-order valence-electron chi connectivity index (χ0n) is 24.3. The van der Waals surface area contributed by atoms with Crippen molar-refractivity contribution < 1.29 is 24.2 Å². The molecule has 0 saturated carbocycles. The second-order valence-electron chi connectivity index (χ2n) is 10.7. The van der Waals surface area contributed by atoms with Crippen LogP contribution < -0.4 is 9.64 Å². The zero-order valence-corrected chi connectivity index (χ0v) is 25.2. The Morgan fingerprint density at radius 2 is 1.76 bits per heavy atom. The number of likely N-dealkylation sites (N-methyl/N-ethyl adjacent to an activating group) is 2. The number of amides is 2. The summed E-state index contributed by atoms with van der Waals surface area (Å²) < 4.78 is 6.30. The van der Waals surface area contributed by atoms with E-state index in [1.807, 2.05) is 49.6 Å². The average molecular weight is 579 g/mol. The molecule has 41 heavy (non-hydrogen) atoms. The van der Waals surface area contributed by atoms with E-state index in [0.717, 1.165) is 38.8 Å². The van der Waals surface area contributed by atoms with Crippen LogP contribution in [0.15, 0.2) is 41.8 Å². The van der Waals surface area contributed by atoms with E-state index in [9.17, 15) is 19.5 Å². The van der Waals surface area contributed by atoms with Gasteiger partial charge in [-0.2, -0.15) is 0 Å². The van der Waals surface area contributed by atoms with E-state index in [2.05, 4.69) is 11.0 Å². The van der Waals surface area contributed by atoms with Gasteiger partial charge < -0.3 is 24.5 Å². The highest BCUT2D eigenvalue weighted by atomic mass is 32.1. The number of carboxylic acid groups (broad SMARTS) is 1. The standard InChI is InChI=1S/C31H38N4O5S/c1-20-6-9-28(26(16-20)27-19-41-31(32-27)35-12-10-23(11-13-35)30(38)39)40-18-25-8-7-24(17-21(25)2)29(37)34(5)15-14-33(4)22(3)36/h6-9,16-17,19,23H,10-15,18H2,1-5H3,(H,38,39). The molecule has 1 saturated heterocycles. The number of ether oxygens (including phenoxy) is 1.